The number of nitrogens with one attached hydrogen (secondary N) is 1. The molecule has 0 aromatic carbocycles. The number of carbonyl (C=O) groups excluding carboxylic acids is 1. The topological polar surface area (TPSA) is 85.8 Å². The third kappa shape index (κ3) is 2.59. The van der Waals surface area contributed by atoms with Crippen molar-refractivity contribution in [3.8, 4) is 0 Å². The molecular formula is C18H25N5O. The van der Waals surface area contributed by atoms with Crippen molar-refractivity contribution in [3.05, 3.63) is 23.5 Å². The Balaban J connectivity index is 1.57. The molecule has 3 N–H and O–H groups in total. The van der Waals surface area contributed by atoms with Crippen molar-refractivity contribution in [2.24, 2.45) is 24.6 Å². The first-order valence-electron chi connectivity index (χ1n) is 8.88. The Morgan fingerprint density at radius 3 is 2.75 bits per heavy atom. The molecule has 0 radical (unpaired) electrons. The second-order valence-corrected chi connectivity index (χ2v) is 7.49. The van der Waals surface area contributed by atoms with Gasteiger partial charge in [0, 0.05) is 30.7 Å². The van der Waals surface area contributed by atoms with Gasteiger partial charge in [-0.3, -0.25) is 9.48 Å². The van der Waals surface area contributed by atoms with Crippen LogP contribution in [0.25, 0.3) is 11.0 Å². The number of amides is 1. The Bertz CT molecular complexity index is 769. The van der Waals surface area contributed by atoms with E-state index in [1.165, 1.54) is 19.3 Å². The van der Waals surface area contributed by atoms with Crippen molar-refractivity contribution < 1.29 is 4.79 Å². The molecule has 2 bridgehead atoms. The number of hydrogen-bond acceptors (Lipinski definition) is 4. The number of rotatable bonds is 2. The Morgan fingerprint density at radius 2 is 2.04 bits per heavy atom. The van der Waals surface area contributed by atoms with E-state index in [1.54, 1.807) is 10.9 Å². The first-order valence-corrected chi connectivity index (χ1v) is 8.88. The molecule has 0 spiro atoms. The second-order valence-electron chi connectivity index (χ2n) is 7.49. The van der Waals surface area contributed by atoms with Crippen LogP contribution in [0.3, 0.4) is 0 Å². The normalized spacial score (nSPS) is 29.6. The molecule has 6 nitrogen and oxygen atoms in total. The molecule has 2 aliphatic rings. The fourth-order valence-corrected chi connectivity index (χ4v) is 4.69. The molecule has 2 atom stereocenters. The largest absolute Gasteiger partial charge is 0.349 e. The average Bonchev–Trinajstić information content (AvgIpc) is 2.82. The number of hydrogen-bond donors (Lipinski definition) is 2. The van der Waals surface area contributed by atoms with Crippen molar-refractivity contribution in [1.29, 1.82) is 0 Å². The highest BCUT2D eigenvalue weighted by Gasteiger charge is 2.40. The molecule has 24 heavy (non-hydrogen) atoms. The van der Waals surface area contributed by atoms with E-state index in [1.807, 2.05) is 20.0 Å². The fourth-order valence-electron chi connectivity index (χ4n) is 4.69. The van der Waals surface area contributed by atoms with Crippen LogP contribution in [0.15, 0.2) is 12.3 Å². The Morgan fingerprint density at radius 1 is 1.33 bits per heavy atom. The number of nitrogens with two attached hydrogens (primary N) is 1. The van der Waals surface area contributed by atoms with E-state index in [2.05, 4.69) is 15.4 Å². The highest BCUT2D eigenvalue weighted by molar-refractivity contribution is 5.97. The Hall–Kier alpha value is -1.95. The molecule has 1 amide bonds. The molecule has 4 rings (SSSR count). The molecule has 128 valence electrons. The highest BCUT2D eigenvalue weighted by atomic mass is 16.1. The summed E-state index contributed by atoms with van der Waals surface area (Å²) in [6.07, 6.45) is 7.32. The second kappa shape index (κ2) is 5.84. The first kappa shape index (κ1) is 15.6. The molecule has 2 saturated carbocycles. The predicted octanol–water partition coefficient (Wildman–Crippen LogP) is 1.91. The minimum absolute atomic E-state index is 0.0231. The van der Waals surface area contributed by atoms with Crippen molar-refractivity contribution in [1.82, 2.24) is 20.1 Å². The predicted molar refractivity (Wildman–Crippen MR) is 92.5 cm³/mol. The van der Waals surface area contributed by atoms with Crippen molar-refractivity contribution in [3.63, 3.8) is 0 Å². The van der Waals surface area contributed by atoms with Crippen molar-refractivity contribution in [2.45, 2.75) is 51.1 Å². The van der Waals surface area contributed by atoms with Crippen LogP contribution < -0.4 is 11.1 Å². The molecule has 2 heterocycles. The van der Waals surface area contributed by atoms with Gasteiger partial charge in [-0.05, 0) is 50.5 Å². The van der Waals surface area contributed by atoms with Gasteiger partial charge in [0.25, 0.3) is 5.91 Å². The van der Waals surface area contributed by atoms with Crippen LogP contribution in [-0.4, -0.2) is 32.8 Å². The lowest BCUT2D eigenvalue weighted by Gasteiger charge is -2.45. The van der Waals surface area contributed by atoms with Gasteiger partial charge >= 0.3 is 0 Å². The van der Waals surface area contributed by atoms with Gasteiger partial charge in [-0.15, -0.1) is 0 Å². The highest BCUT2D eigenvalue weighted by Crippen LogP contribution is 2.39. The molecule has 0 aliphatic heterocycles. The van der Waals surface area contributed by atoms with E-state index < -0.39 is 0 Å². The summed E-state index contributed by atoms with van der Waals surface area (Å²) in [4.78, 5) is 17.2. The van der Waals surface area contributed by atoms with Crippen LogP contribution in [0.4, 0.5) is 0 Å². The van der Waals surface area contributed by atoms with Crippen LogP contribution in [0.2, 0.25) is 0 Å². The van der Waals surface area contributed by atoms with E-state index in [9.17, 15) is 4.79 Å². The van der Waals surface area contributed by atoms with Gasteiger partial charge in [0.2, 0.25) is 0 Å². The SMILES string of the molecule is Cc1nn(C)c2ncc(C(=O)NC3C4CCCC3CC(N)C4)cc12. The van der Waals surface area contributed by atoms with E-state index in [4.69, 9.17) is 5.73 Å². The van der Waals surface area contributed by atoms with Gasteiger partial charge in [-0.1, -0.05) is 6.42 Å². The maximum atomic E-state index is 12.8. The van der Waals surface area contributed by atoms with E-state index in [0.29, 0.717) is 23.4 Å². The summed E-state index contributed by atoms with van der Waals surface area (Å²) in [5.74, 6) is 1.02. The molecule has 2 aromatic rings. The zero-order chi connectivity index (χ0) is 16.8. The lowest BCUT2D eigenvalue weighted by Crippen LogP contribution is -2.53. The first-order chi connectivity index (χ1) is 11.5. The third-order valence-electron chi connectivity index (χ3n) is 5.80. The third-order valence-corrected chi connectivity index (χ3v) is 5.80. The summed E-state index contributed by atoms with van der Waals surface area (Å²) in [7, 11) is 1.87. The van der Waals surface area contributed by atoms with Gasteiger partial charge in [0.05, 0.1) is 11.3 Å². The summed E-state index contributed by atoms with van der Waals surface area (Å²) in [6.45, 7) is 1.94. The average molecular weight is 327 g/mol. The molecule has 2 aliphatic carbocycles. The number of pyridine rings is 1. The van der Waals surface area contributed by atoms with E-state index in [-0.39, 0.29) is 11.9 Å². The molecule has 2 unspecified atom stereocenters. The smallest absolute Gasteiger partial charge is 0.253 e. The lowest BCUT2D eigenvalue weighted by atomic mass is 9.67. The molecular weight excluding hydrogens is 302 g/mol. The number of carbonyl (C=O) groups is 1. The summed E-state index contributed by atoms with van der Waals surface area (Å²) >= 11 is 0. The number of aryl methyl sites for hydroxylation is 2. The minimum atomic E-state index is -0.0231. The minimum Gasteiger partial charge on any atom is -0.349 e. The van der Waals surface area contributed by atoms with Crippen LogP contribution in [0.1, 0.15) is 48.2 Å². The van der Waals surface area contributed by atoms with Gasteiger partial charge < -0.3 is 11.1 Å². The van der Waals surface area contributed by atoms with Crippen LogP contribution in [0, 0.1) is 18.8 Å². The summed E-state index contributed by atoms with van der Waals surface area (Å²) in [6, 6.07) is 2.46. The zero-order valence-corrected chi connectivity index (χ0v) is 14.3. The molecule has 0 saturated heterocycles. The molecule has 2 fully saturated rings. The van der Waals surface area contributed by atoms with Crippen molar-refractivity contribution in [2.75, 3.05) is 0 Å². The number of nitrogens with zero attached hydrogens (tertiary/aromatic N) is 3. The lowest BCUT2D eigenvalue weighted by molar-refractivity contribution is 0.0756. The summed E-state index contributed by atoms with van der Waals surface area (Å²) in [5, 5.41) is 8.60. The monoisotopic (exact) mass is 327 g/mol. The van der Waals surface area contributed by atoms with Crippen LogP contribution in [0.5, 0.6) is 0 Å². The van der Waals surface area contributed by atoms with Crippen LogP contribution in [-0.2, 0) is 7.05 Å². The Kier molecular flexibility index (Phi) is 3.79. The zero-order valence-electron chi connectivity index (χ0n) is 14.3. The molecule has 6 heteroatoms. The maximum Gasteiger partial charge on any atom is 0.253 e. The van der Waals surface area contributed by atoms with Gasteiger partial charge in [0.15, 0.2) is 5.65 Å². The Labute approximate surface area is 141 Å². The van der Waals surface area contributed by atoms with Crippen molar-refractivity contribution >= 4 is 16.9 Å². The fraction of sp³-hybridized carbons (Fsp3) is 0.611. The summed E-state index contributed by atoms with van der Waals surface area (Å²) < 4.78 is 1.75. The molecule has 2 aromatic heterocycles. The number of fused-ring (bicyclic) bond motifs is 3. The maximum absolute atomic E-state index is 12.8. The standard InChI is InChI=1S/C18H25N5O/c1-10-15-8-13(9-20-17(15)23(2)22-10)18(24)21-16-11-4-3-5-12(16)7-14(19)6-11/h8-9,11-12,14,16H,3-7,19H2,1-2H3,(H,21,24). The van der Waals surface area contributed by atoms with Gasteiger partial charge in [0.1, 0.15) is 0 Å². The number of aromatic nitrogens is 3. The quantitative estimate of drug-likeness (QED) is 0.882. The summed E-state index contributed by atoms with van der Waals surface area (Å²) in [5.41, 5.74) is 8.50. The van der Waals surface area contributed by atoms with Crippen LogP contribution >= 0.6 is 0 Å². The van der Waals surface area contributed by atoms with Gasteiger partial charge in [-0.25, -0.2) is 4.98 Å². The van der Waals surface area contributed by atoms with E-state index in [0.717, 1.165) is 29.6 Å². The van der Waals surface area contributed by atoms with Gasteiger partial charge in [-0.2, -0.15) is 5.10 Å². The van der Waals surface area contributed by atoms with E-state index >= 15 is 0 Å².